The standard InChI is InChI=1S/C17H14ClFN2O3/c18-10-2-1-3-11(15(10)19)20-12(22)7-21-16(23)13-8-4-5-9(6-8)14(13)17(21)24/h1-5,8-9,13-14H,6-7H2,(H,20,22)/t8-,9-,13+,14+/m0/s1. The Kier molecular flexibility index (Phi) is 3.46. The molecule has 1 aromatic carbocycles. The molecule has 24 heavy (non-hydrogen) atoms. The number of amides is 3. The van der Waals surface area contributed by atoms with E-state index in [9.17, 15) is 18.8 Å². The molecule has 1 N–H and O–H groups in total. The van der Waals surface area contributed by atoms with Crippen LogP contribution in [0.25, 0.3) is 0 Å². The molecular weight excluding hydrogens is 335 g/mol. The Morgan fingerprint density at radius 2 is 1.83 bits per heavy atom. The van der Waals surface area contributed by atoms with E-state index in [1.54, 1.807) is 0 Å². The number of hydrogen-bond acceptors (Lipinski definition) is 3. The number of carbonyl (C=O) groups excluding carboxylic acids is 3. The molecule has 0 unspecified atom stereocenters. The van der Waals surface area contributed by atoms with Crippen LogP contribution < -0.4 is 5.32 Å². The first-order chi connectivity index (χ1) is 11.5. The third kappa shape index (κ3) is 2.17. The summed E-state index contributed by atoms with van der Waals surface area (Å²) in [5, 5.41) is 2.25. The highest BCUT2D eigenvalue weighted by Crippen LogP contribution is 2.52. The first-order valence-electron chi connectivity index (χ1n) is 7.75. The molecule has 3 aliphatic rings. The Morgan fingerprint density at radius 1 is 1.21 bits per heavy atom. The number of hydrogen-bond donors (Lipinski definition) is 1. The van der Waals surface area contributed by atoms with E-state index in [0.29, 0.717) is 0 Å². The molecule has 1 aromatic rings. The zero-order chi connectivity index (χ0) is 17.0. The molecule has 4 rings (SSSR count). The van der Waals surface area contributed by atoms with Gasteiger partial charge >= 0.3 is 0 Å². The van der Waals surface area contributed by atoms with Crippen LogP contribution in [0.5, 0.6) is 0 Å². The van der Waals surface area contributed by atoms with Crippen molar-refractivity contribution in [1.82, 2.24) is 4.90 Å². The summed E-state index contributed by atoms with van der Waals surface area (Å²) in [5.41, 5.74) is -0.0754. The number of nitrogens with zero attached hydrogens (tertiary/aromatic N) is 1. The lowest BCUT2D eigenvalue weighted by atomic mass is 9.85. The summed E-state index contributed by atoms with van der Waals surface area (Å²) in [6.45, 7) is -0.407. The Bertz CT molecular complexity index is 764. The lowest BCUT2D eigenvalue weighted by Crippen LogP contribution is -2.39. The number of imide groups is 1. The van der Waals surface area contributed by atoms with E-state index in [4.69, 9.17) is 11.6 Å². The van der Waals surface area contributed by atoms with Gasteiger partial charge in [-0.25, -0.2) is 4.39 Å². The van der Waals surface area contributed by atoms with Crippen LogP contribution in [0, 0.1) is 29.5 Å². The number of halogens is 2. The van der Waals surface area contributed by atoms with Gasteiger partial charge in [-0.3, -0.25) is 19.3 Å². The summed E-state index contributed by atoms with van der Waals surface area (Å²) in [4.78, 5) is 38.1. The number of rotatable bonds is 3. The van der Waals surface area contributed by atoms with Gasteiger partial charge in [0.1, 0.15) is 6.54 Å². The van der Waals surface area contributed by atoms with Crippen molar-refractivity contribution in [1.29, 1.82) is 0 Å². The highest BCUT2D eigenvalue weighted by molar-refractivity contribution is 6.31. The Morgan fingerprint density at radius 3 is 2.46 bits per heavy atom. The quantitative estimate of drug-likeness (QED) is 0.673. The van der Waals surface area contributed by atoms with E-state index in [1.807, 2.05) is 12.2 Å². The lowest BCUT2D eigenvalue weighted by molar-refractivity contribution is -0.143. The first-order valence-corrected chi connectivity index (χ1v) is 8.12. The van der Waals surface area contributed by atoms with Crippen LogP contribution in [-0.4, -0.2) is 29.2 Å². The molecule has 1 saturated carbocycles. The second-order valence-electron chi connectivity index (χ2n) is 6.41. The molecule has 2 fully saturated rings. The Labute approximate surface area is 142 Å². The predicted octanol–water partition coefficient (Wildman–Crippen LogP) is 2.22. The van der Waals surface area contributed by atoms with Gasteiger partial charge in [-0.05, 0) is 30.4 Å². The molecule has 124 valence electrons. The van der Waals surface area contributed by atoms with Gasteiger partial charge in [0.25, 0.3) is 0 Å². The van der Waals surface area contributed by atoms with E-state index in [-0.39, 0.29) is 46.2 Å². The zero-order valence-corrected chi connectivity index (χ0v) is 13.3. The highest BCUT2D eigenvalue weighted by atomic mass is 35.5. The third-order valence-corrected chi connectivity index (χ3v) is 5.38. The van der Waals surface area contributed by atoms with Gasteiger partial charge in [-0.2, -0.15) is 0 Å². The minimum Gasteiger partial charge on any atom is -0.322 e. The third-order valence-electron chi connectivity index (χ3n) is 5.09. The normalized spacial score (nSPS) is 30.2. The smallest absolute Gasteiger partial charge is 0.244 e. The summed E-state index contributed by atoms with van der Waals surface area (Å²) in [5.74, 6) is -2.48. The van der Waals surface area contributed by atoms with Gasteiger partial charge in [-0.1, -0.05) is 29.8 Å². The summed E-state index contributed by atoms with van der Waals surface area (Å²) in [7, 11) is 0. The second kappa shape index (κ2) is 5.41. The van der Waals surface area contributed by atoms with Crippen LogP contribution in [0.15, 0.2) is 30.4 Å². The van der Waals surface area contributed by atoms with Crippen LogP contribution >= 0.6 is 11.6 Å². The maximum Gasteiger partial charge on any atom is 0.244 e. The average Bonchev–Trinajstić information content (AvgIpc) is 3.22. The number of fused-ring (bicyclic) bond motifs is 5. The van der Waals surface area contributed by atoms with E-state index in [1.165, 1.54) is 18.2 Å². The summed E-state index contributed by atoms with van der Waals surface area (Å²) in [6, 6.07) is 4.23. The Hall–Kier alpha value is -2.21. The van der Waals surface area contributed by atoms with E-state index >= 15 is 0 Å². The van der Waals surface area contributed by atoms with Crippen molar-refractivity contribution in [3.8, 4) is 0 Å². The van der Waals surface area contributed by atoms with Crippen molar-refractivity contribution < 1.29 is 18.8 Å². The van der Waals surface area contributed by atoms with Crippen LogP contribution in [0.3, 0.4) is 0 Å². The maximum atomic E-state index is 13.8. The minimum absolute atomic E-state index is 0.0754. The molecule has 0 radical (unpaired) electrons. The first kappa shape index (κ1) is 15.3. The summed E-state index contributed by atoms with van der Waals surface area (Å²) >= 11 is 5.67. The highest BCUT2D eigenvalue weighted by Gasteiger charge is 2.59. The molecule has 2 aliphatic carbocycles. The van der Waals surface area contributed by atoms with Gasteiger partial charge in [-0.15, -0.1) is 0 Å². The van der Waals surface area contributed by atoms with E-state index < -0.39 is 18.3 Å². The number of anilines is 1. The number of allylic oxidation sites excluding steroid dienone is 2. The summed E-state index contributed by atoms with van der Waals surface area (Å²) < 4.78 is 13.8. The van der Waals surface area contributed by atoms with Crippen LogP contribution in [0.1, 0.15) is 6.42 Å². The molecule has 2 bridgehead atoms. The molecule has 5 nitrogen and oxygen atoms in total. The number of benzene rings is 1. The summed E-state index contributed by atoms with van der Waals surface area (Å²) in [6.07, 6.45) is 4.81. The molecule has 1 heterocycles. The molecule has 1 saturated heterocycles. The fraction of sp³-hybridized carbons (Fsp3) is 0.353. The van der Waals surface area contributed by atoms with Crippen molar-refractivity contribution in [2.75, 3.05) is 11.9 Å². The van der Waals surface area contributed by atoms with Crippen molar-refractivity contribution in [2.45, 2.75) is 6.42 Å². The topological polar surface area (TPSA) is 66.5 Å². The SMILES string of the molecule is O=C(CN1C(=O)[C@H]2[C@H](C1=O)[C@H]1C=C[C@H]2C1)Nc1cccc(Cl)c1F. The monoisotopic (exact) mass is 348 g/mol. The minimum atomic E-state index is -0.745. The molecular formula is C17H14ClFN2O3. The average molecular weight is 349 g/mol. The molecule has 0 aromatic heterocycles. The van der Waals surface area contributed by atoms with Crippen molar-refractivity contribution in [2.24, 2.45) is 23.7 Å². The molecule has 1 aliphatic heterocycles. The van der Waals surface area contributed by atoms with Crippen LogP contribution in [-0.2, 0) is 14.4 Å². The van der Waals surface area contributed by atoms with Gasteiger partial charge in [0.05, 0.1) is 22.5 Å². The second-order valence-corrected chi connectivity index (χ2v) is 6.82. The zero-order valence-electron chi connectivity index (χ0n) is 12.5. The largest absolute Gasteiger partial charge is 0.322 e. The maximum absolute atomic E-state index is 13.8. The molecule has 3 amide bonds. The van der Waals surface area contributed by atoms with Crippen molar-refractivity contribution in [3.05, 3.63) is 41.2 Å². The number of carbonyl (C=O) groups is 3. The van der Waals surface area contributed by atoms with Gasteiger partial charge in [0, 0.05) is 0 Å². The van der Waals surface area contributed by atoms with Gasteiger partial charge < -0.3 is 5.32 Å². The lowest BCUT2D eigenvalue weighted by Gasteiger charge is -2.17. The number of nitrogens with one attached hydrogen (secondary N) is 1. The van der Waals surface area contributed by atoms with Gasteiger partial charge in [0.2, 0.25) is 17.7 Å². The molecule has 7 heteroatoms. The number of likely N-dealkylation sites (tertiary alicyclic amines) is 1. The predicted molar refractivity (Wildman–Crippen MR) is 84.5 cm³/mol. The van der Waals surface area contributed by atoms with Crippen molar-refractivity contribution >= 4 is 35.0 Å². The van der Waals surface area contributed by atoms with Crippen LogP contribution in [0.2, 0.25) is 5.02 Å². The van der Waals surface area contributed by atoms with Crippen LogP contribution in [0.4, 0.5) is 10.1 Å². The van der Waals surface area contributed by atoms with E-state index in [2.05, 4.69) is 5.32 Å². The molecule has 4 atom stereocenters. The molecule has 0 spiro atoms. The van der Waals surface area contributed by atoms with E-state index in [0.717, 1.165) is 11.3 Å². The fourth-order valence-corrected chi connectivity index (χ4v) is 4.23. The Balaban J connectivity index is 1.48. The fourth-order valence-electron chi connectivity index (χ4n) is 4.05. The van der Waals surface area contributed by atoms with Crippen molar-refractivity contribution in [3.63, 3.8) is 0 Å². The van der Waals surface area contributed by atoms with Gasteiger partial charge in [0.15, 0.2) is 5.82 Å².